The van der Waals surface area contributed by atoms with Gasteiger partial charge in [0.25, 0.3) is 0 Å². The predicted octanol–water partition coefficient (Wildman–Crippen LogP) is 2.12. The number of aliphatic carboxylic acids is 1. The first-order chi connectivity index (χ1) is 7.04. The van der Waals surface area contributed by atoms with Crippen LogP contribution in [0.3, 0.4) is 0 Å². The first kappa shape index (κ1) is 11.7. The smallest absolute Gasteiger partial charge is 0.311 e. The highest BCUT2D eigenvalue weighted by Gasteiger charge is 2.15. The van der Waals surface area contributed by atoms with E-state index < -0.39 is 18.2 Å². The Morgan fingerprint density at radius 1 is 1.47 bits per heavy atom. The Bertz CT molecular complexity index is 400. The largest absolute Gasteiger partial charge is 0.496 e. The standard InChI is InChI=1S/C10H9BrO4/c1-15-9-4-6(11)2-3-7(9)8(12)5-10(13)14/h2-4H,5H2,1H3,(H,13,14). The van der Waals surface area contributed by atoms with Crippen LogP contribution in [0.25, 0.3) is 0 Å². The number of Topliss-reactive ketones (excluding diaryl/α,β-unsaturated/α-hetero) is 1. The third kappa shape index (κ3) is 3.06. The van der Waals surface area contributed by atoms with Crippen LogP contribution in [0.2, 0.25) is 0 Å². The first-order valence-electron chi connectivity index (χ1n) is 4.13. The van der Waals surface area contributed by atoms with E-state index in [1.807, 2.05) is 0 Å². The number of methoxy groups -OCH3 is 1. The number of rotatable bonds is 4. The SMILES string of the molecule is COc1cc(Br)ccc1C(=O)CC(=O)O. The van der Waals surface area contributed by atoms with Crippen LogP contribution in [-0.2, 0) is 4.79 Å². The summed E-state index contributed by atoms with van der Waals surface area (Å²) in [5, 5.41) is 8.49. The van der Waals surface area contributed by atoms with Gasteiger partial charge in [0.1, 0.15) is 12.2 Å². The molecule has 0 atom stereocenters. The summed E-state index contributed by atoms with van der Waals surface area (Å²) in [6.07, 6.45) is -0.530. The van der Waals surface area contributed by atoms with Crippen LogP contribution in [0.5, 0.6) is 5.75 Å². The molecule has 5 heteroatoms. The molecule has 0 radical (unpaired) electrons. The summed E-state index contributed by atoms with van der Waals surface area (Å²) in [7, 11) is 1.43. The van der Waals surface area contributed by atoms with Crippen molar-refractivity contribution in [3.05, 3.63) is 28.2 Å². The second-order valence-electron chi connectivity index (χ2n) is 2.84. The number of hydrogen-bond donors (Lipinski definition) is 1. The van der Waals surface area contributed by atoms with Crippen molar-refractivity contribution in [3.63, 3.8) is 0 Å². The van der Waals surface area contributed by atoms with Crippen LogP contribution in [0.15, 0.2) is 22.7 Å². The molecule has 0 aliphatic rings. The molecule has 0 bridgehead atoms. The topological polar surface area (TPSA) is 63.6 Å². The maximum Gasteiger partial charge on any atom is 0.311 e. The lowest BCUT2D eigenvalue weighted by molar-refractivity contribution is -0.135. The van der Waals surface area contributed by atoms with Crippen molar-refractivity contribution >= 4 is 27.7 Å². The van der Waals surface area contributed by atoms with Gasteiger partial charge in [0.15, 0.2) is 5.78 Å². The van der Waals surface area contributed by atoms with Crippen LogP contribution in [0.4, 0.5) is 0 Å². The fraction of sp³-hybridized carbons (Fsp3) is 0.200. The minimum Gasteiger partial charge on any atom is -0.496 e. The van der Waals surface area contributed by atoms with Gasteiger partial charge in [-0.2, -0.15) is 0 Å². The lowest BCUT2D eigenvalue weighted by Crippen LogP contribution is -2.08. The van der Waals surface area contributed by atoms with Gasteiger partial charge >= 0.3 is 5.97 Å². The average Bonchev–Trinajstić information content (AvgIpc) is 2.16. The maximum absolute atomic E-state index is 11.5. The summed E-state index contributed by atoms with van der Waals surface area (Å²) in [6.45, 7) is 0. The molecule has 0 aliphatic heterocycles. The van der Waals surface area contributed by atoms with E-state index in [4.69, 9.17) is 9.84 Å². The molecule has 80 valence electrons. The van der Waals surface area contributed by atoms with Crippen LogP contribution >= 0.6 is 15.9 Å². The van der Waals surface area contributed by atoms with Crippen molar-refractivity contribution in [2.24, 2.45) is 0 Å². The van der Waals surface area contributed by atoms with E-state index in [0.717, 1.165) is 4.47 Å². The zero-order valence-electron chi connectivity index (χ0n) is 7.99. The summed E-state index contributed by atoms with van der Waals surface area (Å²) in [5.74, 6) is -1.24. The van der Waals surface area contributed by atoms with Gasteiger partial charge in [-0.15, -0.1) is 0 Å². The zero-order chi connectivity index (χ0) is 11.4. The summed E-state index contributed by atoms with van der Waals surface area (Å²) in [6, 6.07) is 4.82. The Balaban J connectivity index is 3.02. The lowest BCUT2D eigenvalue weighted by atomic mass is 10.1. The Hall–Kier alpha value is -1.36. The van der Waals surface area contributed by atoms with Gasteiger partial charge in [-0.05, 0) is 18.2 Å². The molecule has 0 aliphatic carbocycles. The van der Waals surface area contributed by atoms with Crippen LogP contribution in [-0.4, -0.2) is 24.0 Å². The molecule has 0 spiro atoms. The second kappa shape index (κ2) is 4.93. The van der Waals surface area contributed by atoms with Gasteiger partial charge < -0.3 is 9.84 Å². The minimum atomic E-state index is -1.15. The van der Waals surface area contributed by atoms with Crippen molar-refractivity contribution in [1.29, 1.82) is 0 Å². The molecule has 0 amide bonds. The molecule has 0 heterocycles. The number of carboxylic acid groups (broad SMARTS) is 1. The van der Waals surface area contributed by atoms with Crippen molar-refractivity contribution in [3.8, 4) is 5.75 Å². The normalized spacial score (nSPS) is 9.73. The number of benzene rings is 1. The number of ketones is 1. The van der Waals surface area contributed by atoms with E-state index in [1.165, 1.54) is 13.2 Å². The summed E-state index contributed by atoms with van der Waals surface area (Å²) in [5.41, 5.74) is 0.281. The van der Waals surface area contributed by atoms with Gasteiger partial charge in [0, 0.05) is 4.47 Å². The molecule has 1 aromatic rings. The van der Waals surface area contributed by atoms with Gasteiger partial charge in [-0.3, -0.25) is 9.59 Å². The van der Waals surface area contributed by atoms with E-state index >= 15 is 0 Å². The minimum absolute atomic E-state index is 0.281. The molecule has 0 unspecified atom stereocenters. The Kier molecular flexibility index (Phi) is 3.85. The molecule has 1 N–H and O–H groups in total. The van der Waals surface area contributed by atoms with E-state index in [2.05, 4.69) is 15.9 Å². The lowest BCUT2D eigenvalue weighted by Gasteiger charge is -2.06. The molecule has 15 heavy (non-hydrogen) atoms. The van der Waals surface area contributed by atoms with E-state index in [-0.39, 0.29) is 5.56 Å². The molecule has 4 nitrogen and oxygen atoms in total. The molecule has 0 aromatic heterocycles. The summed E-state index contributed by atoms with van der Waals surface area (Å²) < 4.78 is 5.75. The predicted molar refractivity (Wildman–Crippen MR) is 57.3 cm³/mol. The van der Waals surface area contributed by atoms with Crippen molar-refractivity contribution in [2.45, 2.75) is 6.42 Å². The molecular formula is C10H9BrO4. The summed E-state index contributed by atoms with van der Waals surface area (Å²) >= 11 is 3.23. The number of hydrogen-bond acceptors (Lipinski definition) is 3. The van der Waals surface area contributed by atoms with Crippen LogP contribution in [0.1, 0.15) is 16.8 Å². The Morgan fingerprint density at radius 3 is 2.67 bits per heavy atom. The van der Waals surface area contributed by atoms with Gasteiger partial charge in [0.2, 0.25) is 0 Å². The molecule has 0 saturated carbocycles. The third-order valence-electron chi connectivity index (χ3n) is 1.78. The summed E-state index contributed by atoms with van der Waals surface area (Å²) in [4.78, 5) is 21.8. The third-order valence-corrected chi connectivity index (χ3v) is 2.27. The Labute approximate surface area is 95.0 Å². The highest BCUT2D eigenvalue weighted by molar-refractivity contribution is 9.10. The number of carbonyl (C=O) groups excluding carboxylic acids is 1. The number of halogens is 1. The highest BCUT2D eigenvalue weighted by atomic mass is 79.9. The van der Waals surface area contributed by atoms with Crippen LogP contribution < -0.4 is 4.74 Å². The number of carboxylic acids is 1. The van der Waals surface area contributed by atoms with Crippen molar-refractivity contribution in [2.75, 3.05) is 7.11 Å². The highest BCUT2D eigenvalue weighted by Crippen LogP contribution is 2.24. The van der Waals surface area contributed by atoms with Crippen molar-refractivity contribution < 1.29 is 19.4 Å². The molecule has 1 rings (SSSR count). The van der Waals surface area contributed by atoms with Gasteiger partial charge in [-0.25, -0.2) is 0 Å². The molecule has 0 fully saturated rings. The first-order valence-corrected chi connectivity index (χ1v) is 4.92. The van der Waals surface area contributed by atoms with Crippen molar-refractivity contribution in [1.82, 2.24) is 0 Å². The fourth-order valence-corrected chi connectivity index (χ4v) is 1.47. The maximum atomic E-state index is 11.5. The quantitative estimate of drug-likeness (QED) is 0.674. The fourth-order valence-electron chi connectivity index (χ4n) is 1.13. The van der Waals surface area contributed by atoms with Crippen LogP contribution in [0, 0.1) is 0 Å². The van der Waals surface area contributed by atoms with E-state index in [0.29, 0.717) is 5.75 Å². The zero-order valence-corrected chi connectivity index (χ0v) is 9.58. The number of ether oxygens (including phenoxy) is 1. The van der Waals surface area contributed by atoms with E-state index in [1.54, 1.807) is 12.1 Å². The van der Waals surface area contributed by atoms with Gasteiger partial charge in [-0.1, -0.05) is 15.9 Å². The Morgan fingerprint density at radius 2 is 2.13 bits per heavy atom. The monoisotopic (exact) mass is 272 g/mol. The number of carbonyl (C=O) groups is 2. The van der Waals surface area contributed by atoms with Gasteiger partial charge in [0.05, 0.1) is 12.7 Å². The molecule has 1 aromatic carbocycles. The second-order valence-corrected chi connectivity index (χ2v) is 3.75. The molecular weight excluding hydrogens is 264 g/mol. The van der Waals surface area contributed by atoms with E-state index in [9.17, 15) is 9.59 Å². The molecule has 0 saturated heterocycles. The average molecular weight is 273 g/mol.